The van der Waals surface area contributed by atoms with E-state index in [1.165, 1.54) is 0 Å². The van der Waals surface area contributed by atoms with E-state index >= 15 is 0 Å². The number of nitrogens with one attached hydrogen (secondary N) is 1. The van der Waals surface area contributed by atoms with Crippen molar-refractivity contribution in [3.63, 3.8) is 0 Å². The predicted molar refractivity (Wildman–Crippen MR) is 86.8 cm³/mol. The number of likely N-dealkylation sites (tertiary alicyclic amines) is 1. The maximum atomic E-state index is 12.3. The zero-order valence-corrected chi connectivity index (χ0v) is 13.9. The molecule has 19 heavy (non-hydrogen) atoms. The lowest BCUT2D eigenvalue weighted by Crippen LogP contribution is -2.47. The molecule has 1 aromatic carbocycles. The number of benzene rings is 1. The highest BCUT2D eigenvalue weighted by Crippen LogP contribution is 2.18. The van der Waals surface area contributed by atoms with Gasteiger partial charge in [0.25, 0.3) is 5.91 Å². The topological polar surface area (TPSA) is 32.3 Å². The van der Waals surface area contributed by atoms with Crippen LogP contribution in [0.15, 0.2) is 18.2 Å². The summed E-state index contributed by atoms with van der Waals surface area (Å²) in [4.78, 5) is 14.7. The van der Waals surface area contributed by atoms with E-state index in [-0.39, 0.29) is 11.9 Å². The molecule has 1 heterocycles. The standard InChI is InChI=1S/C14H18ClIN2O/c1-2-18-7-3-4-11(9-18)17-14(19)12-8-10(15)5-6-13(12)16/h5-6,8,11H,2-4,7,9H2,1H3,(H,17,19). The molecule has 1 aliphatic heterocycles. The van der Waals surface area contributed by atoms with Gasteiger partial charge >= 0.3 is 0 Å². The van der Waals surface area contributed by atoms with Gasteiger partial charge in [-0.25, -0.2) is 0 Å². The molecule has 5 heteroatoms. The summed E-state index contributed by atoms with van der Waals surface area (Å²) in [6.45, 7) is 5.28. The first-order valence-corrected chi connectivity index (χ1v) is 8.04. The largest absolute Gasteiger partial charge is 0.348 e. The van der Waals surface area contributed by atoms with Crippen LogP contribution in [-0.2, 0) is 0 Å². The minimum atomic E-state index is -0.0187. The third kappa shape index (κ3) is 4.07. The van der Waals surface area contributed by atoms with Crippen LogP contribution in [0.5, 0.6) is 0 Å². The minimum absolute atomic E-state index is 0.0187. The Bertz CT molecular complexity index is 467. The summed E-state index contributed by atoms with van der Waals surface area (Å²) in [6.07, 6.45) is 2.20. The Morgan fingerprint density at radius 2 is 2.37 bits per heavy atom. The number of amides is 1. The van der Waals surface area contributed by atoms with Crippen LogP contribution in [0.2, 0.25) is 5.02 Å². The van der Waals surface area contributed by atoms with Gasteiger partial charge in [0.05, 0.1) is 5.56 Å². The Kier molecular flexibility index (Phi) is 5.47. The first kappa shape index (κ1) is 15.1. The molecule has 1 aliphatic rings. The zero-order chi connectivity index (χ0) is 13.8. The summed E-state index contributed by atoms with van der Waals surface area (Å²) in [7, 11) is 0. The van der Waals surface area contributed by atoms with Crippen LogP contribution in [0, 0.1) is 3.57 Å². The lowest BCUT2D eigenvalue weighted by atomic mass is 10.1. The molecule has 1 atom stereocenters. The summed E-state index contributed by atoms with van der Waals surface area (Å²) in [5.41, 5.74) is 0.668. The van der Waals surface area contributed by atoms with Crippen LogP contribution in [0.3, 0.4) is 0 Å². The van der Waals surface area contributed by atoms with Gasteiger partial charge in [-0.05, 0) is 66.7 Å². The summed E-state index contributed by atoms with van der Waals surface area (Å²) < 4.78 is 0.933. The molecule has 3 nitrogen and oxygen atoms in total. The van der Waals surface area contributed by atoms with E-state index < -0.39 is 0 Å². The molecular formula is C14H18ClIN2O. The molecule has 1 N–H and O–H groups in total. The van der Waals surface area contributed by atoms with Gasteiger partial charge in [-0.15, -0.1) is 0 Å². The highest BCUT2D eigenvalue weighted by atomic mass is 127. The Hall–Kier alpha value is -0.330. The molecule has 1 unspecified atom stereocenters. The lowest BCUT2D eigenvalue weighted by Gasteiger charge is -2.32. The molecular weight excluding hydrogens is 375 g/mol. The van der Waals surface area contributed by atoms with E-state index in [0.717, 1.165) is 36.0 Å². The second-order valence-corrected chi connectivity index (χ2v) is 6.43. The Morgan fingerprint density at radius 1 is 1.58 bits per heavy atom. The number of likely N-dealkylation sites (N-methyl/N-ethyl adjacent to an activating group) is 1. The predicted octanol–water partition coefficient (Wildman–Crippen LogP) is 3.16. The number of carbonyl (C=O) groups is 1. The van der Waals surface area contributed by atoms with Crippen LogP contribution in [0.1, 0.15) is 30.1 Å². The quantitative estimate of drug-likeness (QED) is 0.802. The highest BCUT2D eigenvalue weighted by molar-refractivity contribution is 14.1. The van der Waals surface area contributed by atoms with Crippen molar-refractivity contribution in [2.45, 2.75) is 25.8 Å². The minimum Gasteiger partial charge on any atom is -0.348 e. The van der Waals surface area contributed by atoms with Gasteiger partial charge in [-0.1, -0.05) is 18.5 Å². The smallest absolute Gasteiger partial charge is 0.252 e. The van der Waals surface area contributed by atoms with Gasteiger partial charge in [0.15, 0.2) is 0 Å². The molecule has 0 bridgehead atoms. The van der Waals surface area contributed by atoms with Crippen molar-refractivity contribution in [3.8, 4) is 0 Å². The van der Waals surface area contributed by atoms with Crippen LogP contribution < -0.4 is 5.32 Å². The number of carbonyl (C=O) groups excluding carboxylic acids is 1. The van der Waals surface area contributed by atoms with Crippen LogP contribution in [-0.4, -0.2) is 36.5 Å². The van der Waals surface area contributed by atoms with E-state index in [1.54, 1.807) is 12.1 Å². The molecule has 0 radical (unpaired) electrons. The van der Waals surface area contributed by atoms with Gasteiger partial charge < -0.3 is 10.2 Å². The first-order chi connectivity index (χ1) is 9.10. The average molecular weight is 393 g/mol. The maximum Gasteiger partial charge on any atom is 0.252 e. The maximum absolute atomic E-state index is 12.3. The molecule has 0 aromatic heterocycles. The normalized spacial score (nSPS) is 20.3. The number of halogens is 2. The number of hydrogen-bond donors (Lipinski definition) is 1. The van der Waals surface area contributed by atoms with E-state index in [1.807, 2.05) is 6.07 Å². The van der Waals surface area contributed by atoms with Gasteiger partial charge in [0, 0.05) is 21.2 Å². The van der Waals surface area contributed by atoms with Gasteiger partial charge in [0.2, 0.25) is 0 Å². The molecule has 1 amide bonds. The van der Waals surface area contributed by atoms with E-state index in [2.05, 4.69) is 39.7 Å². The van der Waals surface area contributed by atoms with E-state index in [4.69, 9.17) is 11.6 Å². The van der Waals surface area contributed by atoms with Crippen molar-refractivity contribution in [2.24, 2.45) is 0 Å². The van der Waals surface area contributed by atoms with Crippen LogP contribution in [0.4, 0.5) is 0 Å². The number of piperidine rings is 1. The second kappa shape index (κ2) is 6.90. The van der Waals surface area contributed by atoms with Crippen LogP contribution in [0.25, 0.3) is 0 Å². The van der Waals surface area contributed by atoms with E-state index in [0.29, 0.717) is 10.6 Å². The molecule has 104 valence electrons. The van der Waals surface area contributed by atoms with Crippen molar-refractivity contribution in [2.75, 3.05) is 19.6 Å². The molecule has 0 saturated carbocycles. The lowest BCUT2D eigenvalue weighted by molar-refractivity contribution is 0.0905. The Balaban J connectivity index is 2.02. The summed E-state index contributed by atoms with van der Waals surface area (Å²) >= 11 is 8.13. The molecule has 0 aliphatic carbocycles. The van der Waals surface area contributed by atoms with E-state index in [9.17, 15) is 4.79 Å². The van der Waals surface area contributed by atoms with Crippen molar-refractivity contribution in [3.05, 3.63) is 32.4 Å². The Labute approximate surface area is 132 Å². The van der Waals surface area contributed by atoms with Gasteiger partial charge in [0.1, 0.15) is 0 Å². The fourth-order valence-electron chi connectivity index (χ4n) is 2.40. The first-order valence-electron chi connectivity index (χ1n) is 6.58. The fourth-order valence-corrected chi connectivity index (χ4v) is 3.15. The Morgan fingerprint density at radius 3 is 3.11 bits per heavy atom. The van der Waals surface area contributed by atoms with Crippen molar-refractivity contribution in [1.82, 2.24) is 10.2 Å². The van der Waals surface area contributed by atoms with Gasteiger partial charge in [-0.3, -0.25) is 4.79 Å². The van der Waals surface area contributed by atoms with Crippen molar-refractivity contribution >= 4 is 40.1 Å². The van der Waals surface area contributed by atoms with Gasteiger partial charge in [-0.2, -0.15) is 0 Å². The fraction of sp³-hybridized carbons (Fsp3) is 0.500. The third-order valence-corrected chi connectivity index (χ3v) is 4.64. The molecule has 1 fully saturated rings. The second-order valence-electron chi connectivity index (χ2n) is 4.83. The average Bonchev–Trinajstić information content (AvgIpc) is 2.41. The third-order valence-electron chi connectivity index (χ3n) is 3.46. The molecule has 0 spiro atoms. The molecule has 2 rings (SSSR count). The monoisotopic (exact) mass is 392 g/mol. The summed E-state index contributed by atoms with van der Waals surface area (Å²) in [6, 6.07) is 5.66. The number of hydrogen-bond acceptors (Lipinski definition) is 2. The van der Waals surface area contributed by atoms with Crippen LogP contribution >= 0.6 is 34.2 Å². The SMILES string of the molecule is CCN1CCCC(NC(=O)c2cc(Cl)ccc2I)C1. The molecule has 1 saturated heterocycles. The van der Waals surface area contributed by atoms with Crippen molar-refractivity contribution in [1.29, 1.82) is 0 Å². The summed E-state index contributed by atoms with van der Waals surface area (Å²) in [5.74, 6) is -0.0187. The zero-order valence-electron chi connectivity index (χ0n) is 11.0. The number of rotatable bonds is 3. The highest BCUT2D eigenvalue weighted by Gasteiger charge is 2.21. The summed E-state index contributed by atoms with van der Waals surface area (Å²) in [5, 5.41) is 3.72. The molecule has 1 aromatic rings. The number of nitrogens with zero attached hydrogens (tertiary/aromatic N) is 1. The van der Waals surface area contributed by atoms with Crippen molar-refractivity contribution < 1.29 is 4.79 Å².